The topological polar surface area (TPSA) is 29.8 Å². The first-order chi connectivity index (χ1) is 12.0. The summed E-state index contributed by atoms with van der Waals surface area (Å²) in [5.74, 6) is 0. The van der Waals surface area contributed by atoms with Gasteiger partial charge < -0.3 is 4.40 Å². The highest BCUT2D eigenvalue weighted by molar-refractivity contribution is 5.73. The number of anilines is 1. The smallest absolute Gasteiger partial charge is 0.305 e. The second kappa shape index (κ2) is 6.07. The molecule has 4 nitrogen and oxygen atoms in total. The molecule has 4 rings (SSSR count). The Hall–Kier alpha value is -2.54. The van der Waals surface area contributed by atoms with Crippen LogP contribution in [0.4, 0.5) is 18.9 Å². The molecule has 0 saturated heterocycles. The summed E-state index contributed by atoms with van der Waals surface area (Å²) < 4.78 is 40.2. The largest absolute Gasteiger partial charge is 0.414 e. The molecule has 0 N–H and O–H groups in total. The van der Waals surface area contributed by atoms with Gasteiger partial charge in [-0.1, -0.05) is 30.3 Å². The summed E-state index contributed by atoms with van der Waals surface area (Å²) in [4.78, 5) is 9.59. The van der Waals surface area contributed by atoms with Crippen LogP contribution in [0.15, 0.2) is 55.0 Å². The molecule has 0 radical (unpaired) electrons. The van der Waals surface area contributed by atoms with Crippen LogP contribution in [0.25, 0.3) is 5.65 Å². The molecule has 25 heavy (non-hydrogen) atoms. The molecule has 130 valence electrons. The minimum atomic E-state index is -4.40. The van der Waals surface area contributed by atoms with Crippen molar-refractivity contribution < 1.29 is 18.0 Å². The van der Waals surface area contributed by atoms with Crippen LogP contribution in [0.3, 0.4) is 0 Å². The number of rotatable bonds is 3. The monoisotopic (exact) mass is 347 g/mol. The maximum atomic E-state index is 12.8. The third kappa shape index (κ3) is 3.07. The van der Waals surface area contributed by atoms with Gasteiger partial charge in [0.05, 0.1) is 6.04 Å². The number of imidazole rings is 1. The van der Waals surface area contributed by atoms with Gasteiger partial charge in [0.15, 0.2) is 12.3 Å². The summed E-state index contributed by atoms with van der Waals surface area (Å²) in [6, 6.07) is 11.1. The Morgan fingerprint density at radius 1 is 1.12 bits per heavy atom. The van der Waals surface area contributed by atoms with E-state index in [1.54, 1.807) is 16.8 Å². The molecule has 1 aliphatic heterocycles. The van der Waals surface area contributed by atoms with Crippen molar-refractivity contribution in [2.45, 2.75) is 25.1 Å². The van der Waals surface area contributed by atoms with E-state index in [1.807, 2.05) is 42.6 Å². The van der Waals surface area contributed by atoms with Crippen LogP contribution in [0.5, 0.6) is 0 Å². The van der Waals surface area contributed by atoms with Gasteiger partial charge in [0.1, 0.15) is 5.69 Å². The maximum Gasteiger partial charge on any atom is 0.414 e. The molecule has 0 fully saturated rings. The second-order valence-corrected chi connectivity index (χ2v) is 6.03. The number of fused-ring (bicyclic) bond motifs is 3. The predicted octanol–water partition coefficient (Wildman–Crippen LogP) is 4.32. The minimum Gasteiger partial charge on any atom is -0.305 e. The van der Waals surface area contributed by atoms with E-state index >= 15 is 0 Å². The summed E-state index contributed by atoms with van der Waals surface area (Å²) in [7, 11) is 0. The lowest BCUT2D eigenvalue weighted by molar-refractivity contribution is -0.179. The van der Waals surface area contributed by atoms with Gasteiger partial charge in [-0.3, -0.25) is 4.84 Å². The van der Waals surface area contributed by atoms with Crippen LogP contribution in [0.1, 0.15) is 23.6 Å². The Bertz CT molecular complexity index is 876. The third-order valence-corrected chi connectivity index (χ3v) is 4.36. The van der Waals surface area contributed by atoms with Gasteiger partial charge >= 0.3 is 6.18 Å². The van der Waals surface area contributed by atoms with Gasteiger partial charge in [-0.25, -0.2) is 10.0 Å². The molecular formula is C18H16F3N3O. The number of hydrogen-bond acceptors (Lipinski definition) is 3. The van der Waals surface area contributed by atoms with Gasteiger partial charge in [0, 0.05) is 18.6 Å². The van der Waals surface area contributed by atoms with Crippen LogP contribution in [0, 0.1) is 0 Å². The quantitative estimate of drug-likeness (QED) is 0.707. The zero-order valence-electron chi connectivity index (χ0n) is 13.3. The fourth-order valence-corrected chi connectivity index (χ4v) is 3.29. The first kappa shape index (κ1) is 16.0. The number of hydrogen-bond donors (Lipinski definition) is 0. The highest BCUT2D eigenvalue weighted by atomic mass is 19.4. The van der Waals surface area contributed by atoms with E-state index in [2.05, 4.69) is 4.98 Å². The molecule has 0 spiro atoms. The van der Waals surface area contributed by atoms with Crippen molar-refractivity contribution in [2.75, 3.05) is 11.7 Å². The summed E-state index contributed by atoms with van der Waals surface area (Å²) in [5.41, 5.74) is 3.06. The second-order valence-electron chi connectivity index (χ2n) is 6.03. The molecule has 0 saturated carbocycles. The molecular weight excluding hydrogens is 331 g/mol. The van der Waals surface area contributed by atoms with Crippen molar-refractivity contribution in [3.63, 3.8) is 0 Å². The molecule has 2 aromatic heterocycles. The van der Waals surface area contributed by atoms with Crippen molar-refractivity contribution in [2.24, 2.45) is 0 Å². The molecule has 3 aromatic rings. The SMILES string of the molecule is FC(F)(F)CON1c2c(ccn3ccnc23)CCC1c1ccccc1. The van der Waals surface area contributed by atoms with E-state index in [9.17, 15) is 13.2 Å². The summed E-state index contributed by atoms with van der Waals surface area (Å²) in [5, 5.41) is 1.39. The number of pyridine rings is 1. The van der Waals surface area contributed by atoms with Crippen LogP contribution >= 0.6 is 0 Å². The van der Waals surface area contributed by atoms with Crippen molar-refractivity contribution in [1.29, 1.82) is 0 Å². The summed E-state index contributed by atoms with van der Waals surface area (Å²) >= 11 is 0. The number of benzene rings is 1. The van der Waals surface area contributed by atoms with Gasteiger partial charge in [-0.2, -0.15) is 13.2 Å². The predicted molar refractivity (Wildman–Crippen MR) is 87.2 cm³/mol. The van der Waals surface area contributed by atoms with E-state index in [0.29, 0.717) is 17.8 Å². The van der Waals surface area contributed by atoms with Gasteiger partial charge in [-0.05, 0) is 30.0 Å². The lowest BCUT2D eigenvalue weighted by Gasteiger charge is -2.38. The molecule has 1 aromatic carbocycles. The molecule has 0 amide bonds. The number of hydroxylamine groups is 1. The Balaban J connectivity index is 1.80. The first-order valence-electron chi connectivity index (χ1n) is 8.01. The van der Waals surface area contributed by atoms with Crippen LogP contribution in [-0.4, -0.2) is 22.2 Å². The van der Waals surface area contributed by atoms with Crippen molar-refractivity contribution in [3.05, 3.63) is 66.1 Å². The number of nitrogens with zero attached hydrogens (tertiary/aromatic N) is 3. The van der Waals surface area contributed by atoms with E-state index < -0.39 is 12.8 Å². The molecule has 0 aliphatic carbocycles. The van der Waals surface area contributed by atoms with E-state index in [4.69, 9.17) is 4.84 Å². The fraction of sp³-hybridized carbons (Fsp3) is 0.278. The van der Waals surface area contributed by atoms with Crippen LogP contribution < -0.4 is 5.06 Å². The zero-order chi connectivity index (χ0) is 17.4. The molecule has 7 heteroatoms. The normalized spacial score (nSPS) is 17.7. The standard InChI is InChI=1S/C18H16F3N3O/c19-18(20,21)12-25-24-15(13-4-2-1-3-5-13)7-6-14-8-10-23-11-9-22-17(23)16(14)24/h1-5,8-11,15H,6-7,12H2. The molecule has 1 atom stereocenters. The zero-order valence-corrected chi connectivity index (χ0v) is 13.3. The minimum absolute atomic E-state index is 0.293. The van der Waals surface area contributed by atoms with Gasteiger partial charge in [0.25, 0.3) is 0 Å². The average Bonchev–Trinajstić information content (AvgIpc) is 3.08. The Kier molecular flexibility index (Phi) is 3.88. The highest BCUT2D eigenvalue weighted by Gasteiger charge is 2.35. The fourth-order valence-electron chi connectivity index (χ4n) is 3.29. The Morgan fingerprint density at radius 3 is 2.68 bits per heavy atom. The summed E-state index contributed by atoms with van der Waals surface area (Å²) in [6.45, 7) is -1.34. The summed E-state index contributed by atoms with van der Waals surface area (Å²) in [6.07, 6.45) is 2.29. The van der Waals surface area contributed by atoms with Crippen LogP contribution in [0.2, 0.25) is 0 Å². The average molecular weight is 347 g/mol. The Labute approximate surface area is 142 Å². The van der Waals surface area contributed by atoms with E-state index in [1.165, 1.54) is 5.06 Å². The number of alkyl halides is 3. The van der Waals surface area contributed by atoms with E-state index in [-0.39, 0.29) is 6.04 Å². The molecule has 0 bridgehead atoms. The van der Waals surface area contributed by atoms with Crippen molar-refractivity contribution >= 4 is 11.3 Å². The number of halogens is 3. The molecule has 3 heterocycles. The van der Waals surface area contributed by atoms with Crippen molar-refractivity contribution in [3.8, 4) is 0 Å². The maximum absolute atomic E-state index is 12.8. The first-order valence-corrected chi connectivity index (χ1v) is 8.01. The Morgan fingerprint density at radius 2 is 1.92 bits per heavy atom. The van der Waals surface area contributed by atoms with Crippen LogP contribution in [-0.2, 0) is 11.3 Å². The molecule has 1 aliphatic rings. The van der Waals surface area contributed by atoms with E-state index in [0.717, 1.165) is 17.5 Å². The van der Waals surface area contributed by atoms with Crippen molar-refractivity contribution in [1.82, 2.24) is 9.38 Å². The van der Waals surface area contributed by atoms with Gasteiger partial charge in [-0.15, -0.1) is 0 Å². The number of aromatic nitrogens is 2. The lowest BCUT2D eigenvalue weighted by Crippen LogP contribution is -2.37. The molecule has 1 unspecified atom stereocenters. The lowest BCUT2D eigenvalue weighted by atomic mass is 9.93. The third-order valence-electron chi connectivity index (χ3n) is 4.36. The number of aryl methyl sites for hydroxylation is 1. The highest BCUT2D eigenvalue weighted by Crippen LogP contribution is 2.41. The van der Waals surface area contributed by atoms with Gasteiger partial charge in [0.2, 0.25) is 0 Å².